The van der Waals surface area contributed by atoms with E-state index in [1.807, 2.05) is 0 Å². The third kappa shape index (κ3) is 3.61. The van der Waals surface area contributed by atoms with Gasteiger partial charge in [0.1, 0.15) is 5.75 Å². The van der Waals surface area contributed by atoms with Crippen molar-refractivity contribution in [2.45, 2.75) is 12.8 Å². The molecule has 0 saturated carbocycles. The molecule has 0 aliphatic carbocycles. The number of hydrogen-bond donors (Lipinski definition) is 0. The molecule has 1 fully saturated rings. The van der Waals surface area contributed by atoms with E-state index in [0.29, 0.717) is 13.0 Å². The van der Waals surface area contributed by atoms with E-state index in [0.717, 1.165) is 18.2 Å². The summed E-state index contributed by atoms with van der Waals surface area (Å²) in [5, 5.41) is 10.6. The van der Waals surface area contributed by atoms with Crippen LogP contribution in [0.15, 0.2) is 42.5 Å². The van der Waals surface area contributed by atoms with Gasteiger partial charge in [-0.2, -0.15) is 0 Å². The van der Waals surface area contributed by atoms with E-state index < -0.39 is 10.9 Å². The Kier molecular flexibility index (Phi) is 4.67. The highest BCUT2D eigenvalue weighted by atomic mass is 35.5. The Morgan fingerprint density at radius 3 is 2.48 bits per heavy atom. The highest BCUT2D eigenvalue weighted by Gasteiger charge is 2.22. The number of rotatable bonds is 4. The van der Waals surface area contributed by atoms with E-state index in [-0.39, 0.29) is 27.9 Å². The number of halogens is 1. The molecule has 0 bridgehead atoms. The maximum absolute atomic E-state index is 12.2. The predicted molar refractivity (Wildman–Crippen MR) is 91.1 cm³/mol. The molecule has 1 aliphatic heterocycles. The average molecular weight is 361 g/mol. The van der Waals surface area contributed by atoms with Crippen molar-refractivity contribution < 1.29 is 19.2 Å². The number of nitrogens with zero attached hydrogens (tertiary/aromatic N) is 2. The van der Waals surface area contributed by atoms with Gasteiger partial charge in [0.25, 0.3) is 5.69 Å². The van der Waals surface area contributed by atoms with Gasteiger partial charge in [0, 0.05) is 30.8 Å². The average Bonchev–Trinajstić information content (AvgIpc) is 3.01. The molecule has 0 unspecified atom stereocenters. The molecule has 1 aliphatic rings. The Morgan fingerprint density at radius 1 is 1.20 bits per heavy atom. The number of nitro groups is 1. The van der Waals surface area contributed by atoms with Gasteiger partial charge in [0.05, 0.1) is 15.5 Å². The second kappa shape index (κ2) is 6.90. The molecule has 3 rings (SSSR count). The van der Waals surface area contributed by atoms with E-state index in [1.54, 1.807) is 29.2 Å². The molecule has 2 aromatic rings. The molecule has 0 radical (unpaired) electrons. The number of carbonyl (C=O) groups is 2. The minimum atomic E-state index is -0.718. The lowest BCUT2D eigenvalue weighted by Crippen LogP contribution is -2.23. The first-order valence-electron chi connectivity index (χ1n) is 7.52. The molecule has 2 aromatic carbocycles. The molecule has 25 heavy (non-hydrogen) atoms. The summed E-state index contributed by atoms with van der Waals surface area (Å²) in [6, 6.07) is 10.1. The number of benzene rings is 2. The van der Waals surface area contributed by atoms with Gasteiger partial charge >= 0.3 is 5.97 Å². The number of non-ortho nitro benzene ring substituents is 1. The highest BCUT2D eigenvalue weighted by Crippen LogP contribution is 2.26. The van der Waals surface area contributed by atoms with E-state index in [2.05, 4.69) is 0 Å². The molecule has 0 spiro atoms. The summed E-state index contributed by atoms with van der Waals surface area (Å²) in [4.78, 5) is 35.7. The van der Waals surface area contributed by atoms with Crippen LogP contribution < -0.4 is 9.64 Å². The zero-order chi connectivity index (χ0) is 18.0. The number of nitro benzene ring substituents is 1. The van der Waals surface area contributed by atoms with Crippen LogP contribution in [0.25, 0.3) is 0 Å². The largest absolute Gasteiger partial charge is 0.423 e. The molecule has 0 atom stereocenters. The topological polar surface area (TPSA) is 89.8 Å². The fourth-order valence-electron chi connectivity index (χ4n) is 2.56. The lowest BCUT2D eigenvalue weighted by Gasteiger charge is -2.15. The summed E-state index contributed by atoms with van der Waals surface area (Å²) in [7, 11) is 0. The van der Waals surface area contributed by atoms with Gasteiger partial charge in [0.2, 0.25) is 5.91 Å². The Labute approximate surface area is 147 Å². The molecule has 0 aromatic heterocycles. The molecule has 8 heteroatoms. The van der Waals surface area contributed by atoms with E-state index in [4.69, 9.17) is 16.3 Å². The summed E-state index contributed by atoms with van der Waals surface area (Å²) in [5.41, 5.74) is 0.572. The number of anilines is 1. The summed E-state index contributed by atoms with van der Waals surface area (Å²) in [6.07, 6.45) is 1.36. The van der Waals surface area contributed by atoms with Gasteiger partial charge in [-0.1, -0.05) is 11.6 Å². The van der Waals surface area contributed by atoms with E-state index in [9.17, 15) is 19.7 Å². The van der Waals surface area contributed by atoms with Crippen molar-refractivity contribution in [1.82, 2.24) is 0 Å². The lowest BCUT2D eigenvalue weighted by atomic mass is 10.2. The Hall–Kier alpha value is -2.93. The molecular formula is C17H13ClN2O5. The first-order chi connectivity index (χ1) is 12.0. The van der Waals surface area contributed by atoms with Crippen LogP contribution in [0, 0.1) is 10.1 Å². The summed E-state index contributed by atoms with van der Waals surface area (Å²) in [5.74, 6) is -0.359. The normalized spacial score (nSPS) is 13.8. The minimum absolute atomic E-state index is 0.0334. The van der Waals surface area contributed by atoms with Gasteiger partial charge in [-0.3, -0.25) is 14.9 Å². The van der Waals surface area contributed by atoms with Gasteiger partial charge < -0.3 is 9.64 Å². The third-order valence-corrected chi connectivity index (χ3v) is 4.13. The van der Waals surface area contributed by atoms with Crippen molar-refractivity contribution in [3.8, 4) is 5.75 Å². The van der Waals surface area contributed by atoms with Crippen molar-refractivity contribution in [2.24, 2.45) is 0 Å². The second-order valence-corrected chi connectivity index (χ2v) is 5.86. The van der Waals surface area contributed by atoms with Gasteiger partial charge in [-0.25, -0.2) is 4.79 Å². The third-order valence-electron chi connectivity index (χ3n) is 3.82. The van der Waals surface area contributed by atoms with Crippen molar-refractivity contribution in [3.63, 3.8) is 0 Å². The van der Waals surface area contributed by atoms with Gasteiger partial charge in [0.15, 0.2) is 0 Å². The van der Waals surface area contributed by atoms with E-state index >= 15 is 0 Å². The Morgan fingerprint density at radius 2 is 1.92 bits per heavy atom. The van der Waals surface area contributed by atoms with Crippen LogP contribution in [-0.2, 0) is 4.79 Å². The van der Waals surface area contributed by atoms with Crippen molar-refractivity contribution >= 4 is 34.9 Å². The van der Waals surface area contributed by atoms with Crippen LogP contribution in [0.2, 0.25) is 5.02 Å². The molecule has 1 heterocycles. The minimum Gasteiger partial charge on any atom is -0.423 e. The van der Waals surface area contributed by atoms with Crippen LogP contribution in [-0.4, -0.2) is 23.3 Å². The van der Waals surface area contributed by atoms with Crippen molar-refractivity contribution in [3.05, 3.63) is 63.2 Å². The van der Waals surface area contributed by atoms with Crippen LogP contribution >= 0.6 is 11.6 Å². The summed E-state index contributed by atoms with van der Waals surface area (Å²) in [6.45, 7) is 0.677. The summed E-state index contributed by atoms with van der Waals surface area (Å²) >= 11 is 5.91. The van der Waals surface area contributed by atoms with Crippen molar-refractivity contribution in [2.75, 3.05) is 11.4 Å². The smallest absolute Gasteiger partial charge is 0.345 e. The molecule has 7 nitrogen and oxygen atoms in total. The quantitative estimate of drug-likeness (QED) is 0.359. The fraction of sp³-hybridized carbons (Fsp3) is 0.176. The number of carbonyl (C=O) groups excluding carboxylic acids is 2. The lowest BCUT2D eigenvalue weighted by molar-refractivity contribution is -0.384. The maximum atomic E-state index is 12.2. The first kappa shape index (κ1) is 16.9. The zero-order valence-electron chi connectivity index (χ0n) is 13.0. The van der Waals surface area contributed by atoms with Crippen LogP contribution in [0.5, 0.6) is 5.75 Å². The summed E-state index contributed by atoms with van der Waals surface area (Å²) < 4.78 is 5.23. The molecule has 128 valence electrons. The number of amides is 1. The van der Waals surface area contributed by atoms with Gasteiger partial charge in [-0.15, -0.1) is 0 Å². The van der Waals surface area contributed by atoms with Crippen LogP contribution in [0.1, 0.15) is 23.2 Å². The fourth-order valence-corrected chi connectivity index (χ4v) is 2.81. The van der Waals surface area contributed by atoms with Crippen LogP contribution in [0.3, 0.4) is 0 Å². The molecule has 1 amide bonds. The standard InChI is InChI=1S/C17H13ClN2O5/c18-15-10-12(20(23)24)5-8-14(15)17(22)25-13-6-3-11(4-7-13)19-9-1-2-16(19)21/h3-8,10H,1-2,9H2. The monoisotopic (exact) mass is 360 g/mol. The number of esters is 1. The van der Waals surface area contributed by atoms with E-state index in [1.165, 1.54) is 12.1 Å². The predicted octanol–water partition coefficient (Wildman–Crippen LogP) is 3.59. The molecular weight excluding hydrogens is 348 g/mol. The zero-order valence-corrected chi connectivity index (χ0v) is 13.7. The van der Waals surface area contributed by atoms with Gasteiger partial charge in [-0.05, 0) is 36.8 Å². The van der Waals surface area contributed by atoms with Crippen molar-refractivity contribution in [1.29, 1.82) is 0 Å². The SMILES string of the molecule is O=C(Oc1ccc(N2CCCC2=O)cc1)c1ccc([N+](=O)[O-])cc1Cl. The Balaban J connectivity index is 1.73. The number of ether oxygens (including phenoxy) is 1. The Bertz CT molecular complexity index is 851. The maximum Gasteiger partial charge on any atom is 0.345 e. The van der Waals surface area contributed by atoms with Crippen LogP contribution in [0.4, 0.5) is 11.4 Å². The molecule has 1 saturated heterocycles. The molecule has 0 N–H and O–H groups in total. The number of hydrogen-bond acceptors (Lipinski definition) is 5. The second-order valence-electron chi connectivity index (χ2n) is 5.45. The first-order valence-corrected chi connectivity index (χ1v) is 7.90. The highest BCUT2D eigenvalue weighted by molar-refractivity contribution is 6.33.